The lowest BCUT2D eigenvalue weighted by atomic mass is 10.1. The highest BCUT2D eigenvalue weighted by Crippen LogP contribution is 2.39. The van der Waals surface area contributed by atoms with Gasteiger partial charge in [-0.2, -0.15) is 0 Å². The van der Waals surface area contributed by atoms with Gasteiger partial charge in [0.15, 0.2) is 11.5 Å². The highest BCUT2D eigenvalue weighted by atomic mass is 35.5. The van der Waals surface area contributed by atoms with Crippen LogP contribution < -0.4 is 14.8 Å². The van der Waals surface area contributed by atoms with Gasteiger partial charge < -0.3 is 14.8 Å². The summed E-state index contributed by atoms with van der Waals surface area (Å²) in [6, 6.07) is 12.1. The zero-order valence-electron chi connectivity index (χ0n) is 13.9. The summed E-state index contributed by atoms with van der Waals surface area (Å²) in [7, 11) is 1.98. The summed E-state index contributed by atoms with van der Waals surface area (Å²) in [5.74, 6) is 1.09. The lowest BCUT2D eigenvalue weighted by molar-refractivity contribution is -0.117. The van der Waals surface area contributed by atoms with Gasteiger partial charge in [-0.15, -0.1) is 0 Å². The van der Waals surface area contributed by atoms with Gasteiger partial charge in [0.1, 0.15) is 0 Å². The lowest BCUT2D eigenvalue weighted by Gasteiger charge is -2.24. The molecule has 2 aromatic carbocycles. The van der Waals surface area contributed by atoms with Crippen molar-refractivity contribution in [2.24, 2.45) is 0 Å². The van der Waals surface area contributed by atoms with E-state index in [4.69, 9.17) is 21.1 Å². The van der Waals surface area contributed by atoms with Crippen molar-refractivity contribution >= 4 is 23.2 Å². The number of anilines is 1. The van der Waals surface area contributed by atoms with Crippen molar-refractivity contribution in [1.82, 2.24) is 4.90 Å². The quantitative estimate of drug-likeness (QED) is 0.906. The van der Waals surface area contributed by atoms with Crippen LogP contribution in [0.3, 0.4) is 0 Å². The number of likely N-dealkylation sites (N-methyl/N-ethyl adjacent to an activating group) is 1. The van der Waals surface area contributed by atoms with E-state index in [1.165, 1.54) is 11.1 Å². The molecule has 25 heavy (non-hydrogen) atoms. The summed E-state index contributed by atoms with van der Waals surface area (Å²) in [6.07, 6.45) is 2.09. The van der Waals surface area contributed by atoms with Crippen LogP contribution in [-0.2, 0) is 11.2 Å². The van der Waals surface area contributed by atoms with Gasteiger partial charge in [-0.3, -0.25) is 9.69 Å². The van der Waals surface area contributed by atoms with E-state index in [1.807, 2.05) is 7.05 Å². The number of nitrogens with zero attached hydrogens (tertiary/aromatic N) is 1. The average molecular weight is 359 g/mol. The Morgan fingerprint density at radius 1 is 1.28 bits per heavy atom. The monoisotopic (exact) mass is 358 g/mol. The Labute approximate surface area is 151 Å². The third-order valence-electron chi connectivity index (χ3n) is 4.76. The van der Waals surface area contributed by atoms with Gasteiger partial charge in [-0.05, 0) is 31.0 Å². The molecule has 0 saturated carbocycles. The second-order valence-electron chi connectivity index (χ2n) is 6.40. The Morgan fingerprint density at radius 2 is 2.04 bits per heavy atom. The predicted molar refractivity (Wildman–Crippen MR) is 96.3 cm³/mol. The number of ether oxygens (including phenoxy) is 2. The molecule has 1 aliphatic carbocycles. The van der Waals surface area contributed by atoms with Crippen LogP contribution in [0.5, 0.6) is 11.5 Å². The Morgan fingerprint density at radius 3 is 2.88 bits per heavy atom. The summed E-state index contributed by atoms with van der Waals surface area (Å²) < 4.78 is 10.6. The maximum absolute atomic E-state index is 12.5. The number of aryl methyl sites for hydroxylation is 1. The van der Waals surface area contributed by atoms with E-state index in [2.05, 4.69) is 34.5 Å². The SMILES string of the molecule is CN(CC(=O)Nc1cc2c(cc1Cl)OCO2)C1CCc2ccccc21. The molecule has 0 fully saturated rings. The first kappa shape index (κ1) is 16.2. The molecule has 1 heterocycles. The van der Waals surface area contributed by atoms with E-state index < -0.39 is 0 Å². The van der Waals surface area contributed by atoms with Crippen molar-refractivity contribution in [2.75, 3.05) is 25.7 Å². The molecule has 0 radical (unpaired) electrons. The molecule has 1 N–H and O–H groups in total. The molecule has 0 bridgehead atoms. The van der Waals surface area contributed by atoms with Crippen LogP contribution in [0, 0.1) is 0 Å². The number of amides is 1. The number of rotatable bonds is 4. The lowest BCUT2D eigenvalue weighted by Crippen LogP contribution is -2.32. The van der Waals surface area contributed by atoms with Crippen molar-refractivity contribution < 1.29 is 14.3 Å². The molecule has 0 spiro atoms. The Balaban J connectivity index is 1.43. The molecule has 6 heteroatoms. The molecule has 5 nitrogen and oxygen atoms in total. The summed E-state index contributed by atoms with van der Waals surface area (Å²) in [5.41, 5.74) is 3.23. The maximum atomic E-state index is 12.5. The second kappa shape index (κ2) is 6.58. The third-order valence-corrected chi connectivity index (χ3v) is 5.08. The first-order valence-electron chi connectivity index (χ1n) is 8.29. The van der Waals surface area contributed by atoms with Gasteiger partial charge in [0.05, 0.1) is 17.3 Å². The number of hydrogen-bond donors (Lipinski definition) is 1. The van der Waals surface area contributed by atoms with Crippen molar-refractivity contribution in [1.29, 1.82) is 0 Å². The smallest absolute Gasteiger partial charge is 0.238 e. The van der Waals surface area contributed by atoms with Gasteiger partial charge >= 0.3 is 0 Å². The predicted octanol–water partition coefficient (Wildman–Crippen LogP) is 3.63. The number of nitrogens with one attached hydrogen (secondary N) is 1. The number of carbonyl (C=O) groups is 1. The number of carbonyl (C=O) groups excluding carboxylic acids is 1. The third kappa shape index (κ3) is 3.17. The van der Waals surface area contributed by atoms with Crippen LogP contribution in [0.25, 0.3) is 0 Å². The van der Waals surface area contributed by atoms with Crippen molar-refractivity contribution in [2.45, 2.75) is 18.9 Å². The van der Waals surface area contributed by atoms with E-state index in [-0.39, 0.29) is 18.7 Å². The second-order valence-corrected chi connectivity index (χ2v) is 6.81. The Bertz CT molecular complexity index is 824. The standard InChI is InChI=1S/C19H19ClN2O3/c1-22(16-7-6-12-4-2-3-5-13(12)16)10-19(23)21-15-9-18-17(8-14(15)20)24-11-25-18/h2-5,8-9,16H,6-7,10-11H2,1H3,(H,21,23). The normalized spacial score (nSPS) is 17.6. The summed E-state index contributed by atoms with van der Waals surface area (Å²) in [5, 5.41) is 3.31. The van der Waals surface area contributed by atoms with E-state index in [0.29, 0.717) is 28.8 Å². The highest BCUT2D eigenvalue weighted by molar-refractivity contribution is 6.34. The molecule has 4 rings (SSSR count). The highest BCUT2D eigenvalue weighted by Gasteiger charge is 2.26. The van der Waals surface area contributed by atoms with Gasteiger partial charge in [-0.25, -0.2) is 0 Å². The molecular formula is C19H19ClN2O3. The van der Waals surface area contributed by atoms with Gasteiger partial charge in [0.25, 0.3) is 0 Å². The van der Waals surface area contributed by atoms with Crippen LogP contribution in [0.4, 0.5) is 5.69 Å². The number of fused-ring (bicyclic) bond motifs is 2. The Kier molecular flexibility index (Phi) is 4.27. The van der Waals surface area contributed by atoms with Crippen molar-refractivity contribution in [3.63, 3.8) is 0 Å². The van der Waals surface area contributed by atoms with E-state index in [9.17, 15) is 4.79 Å². The zero-order chi connectivity index (χ0) is 17.4. The van der Waals surface area contributed by atoms with Crippen molar-refractivity contribution in [3.8, 4) is 11.5 Å². The van der Waals surface area contributed by atoms with Gasteiger partial charge in [0, 0.05) is 18.2 Å². The van der Waals surface area contributed by atoms with E-state index in [1.54, 1.807) is 12.1 Å². The molecule has 1 aliphatic heterocycles. The van der Waals surface area contributed by atoms with E-state index in [0.717, 1.165) is 12.8 Å². The summed E-state index contributed by atoms with van der Waals surface area (Å²) in [6.45, 7) is 0.469. The van der Waals surface area contributed by atoms with Crippen molar-refractivity contribution in [3.05, 3.63) is 52.5 Å². The van der Waals surface area contributed by atoms with E-state index >= 15 is 0 Å². The minimum Gasteiger partial charge on any atom is -0.454 e. The maximum Gasteiger partial charge on any atom is 0.238 e. The fourth-order valence-corrected chi connectivity index (χ4v) is 3.73. The molecule has 1 unspecified atom stereocenters. The number of halogens is 1. The molecule has 2 aliphatic rings. The van der Waals surface area contributed by atoms with Crippen LogP contribution in [0.15, 0.2) is 36.4 Å². The first-order chi connectivity index (χ1) is 12.1. The molecule has 0 saturated heterocycles. The summed E-state index contributed by atoms with van der Waals surface area (Å²) >= 11 is 6.22. The number of hydrogen-bond acceptors (Lipinski definition) is 4. The average Bonchev–Trinajstić information content (AvgIpc) is 3.21. The minimum absolute atomic E-state index is 0.104. The fourth-order valence-electron chi connectivity index (χ4n) is 3.53. The van der Waals surface area contributed by atoms with Gasteiger partial charge in [0.2, 0.25) is 12.7 Å². The first-order valence-corrected chi connectivity index (χ1v) is 8.66. The number of benzene rings is 2. The topological polar surface area (TPSA) is 50.8 Å². The largest absolute Gasteiger partial charge is 0.454 e. The molecule has 2 aromatic rings. The molecule has 1 atom stereocenters. The fraction of sp³-hybridized carbons (Fsp3) is 0.316. The van der Waals surface area contributed by atoms with Crippen LogP contribution in [0.1, 0.15) is 23.6 Å². The molecule has 130 valence electrons. The minimum atomic E-state index is -0.104. The zero-order valence-corrected chi connectivity index (χ0v) is 14.7. The van der Waals surface area contributed by atoms with Gasteiger partial charge in [-0.1, -0.05) is 35.9 Å². The Hall–Kier alpha value is -2.24. The van der Waals surface area contributed by atoms with Crippen LogP contribution in [0.2, 0.25) is 5.02 Å². The van der Waals surface area contributed by atoms with Crippen LogP contribution in [-0.4, -0.2) is 31.2 Å². The van der Waals surface area contributed by atoms with Crippen LogP contribution >= 0.6 is 11.6 Å². The molecule has 1 amide bonds. The molecular weight excluding hydrogens is 340 g/mol. The molecule has 0 aromatic heterocycles. The summed E-state index contributed by atoms with van der Waals surface area (Å²) in [4.78, 5) is 14.5.